The van der Waals surface area contributed by atoms with Gasteiger partial charge in [0, 0.05) is 0 Å². The molecule has 0 heterocycles. The van der Waals surface area contributed by atoms with Crippen molar-refractivity contribution in [2.45, 2.75) is 33.1 Å². The first-order valence-electron chi connectivity index (χ1n) is 5.38. The van der Waals surface area contributed by atoms with Crippen molar-refractivity contribution in [3.05, 3.63) is 34.4 Å². The molecule has 0 bridgehead atoms. The van der Waals surface area contributed by atoms with Gasteiger partial charge in [0.05, 0.1) is 18.1 Å². The van der Waals surface area contributed by atoms with E-state index in [0.717, 1.165) is 24.0 Å². The minimum Gasteiger partial charge on any atom is -0.481 e. The highest BCUT2D eigenvalue weighted by Crippen LogP contribution is 2.19. The van der Waals surface area contributed by atoms with Crippen molar-refractivity contribution in [2.24, 2.45) is 0 Å². The fourth-order valence-corrected chi connectivity index (χ4v) is 1.91. The van der Waals surface area contributed by atoms with Gasteiger partial charge in [0.25, 0.3) is 0 Å². The number of carbonyl (C=O) groups is 1. The molecule has 1 aromatic carbocycles. The van der Waals surface area contributed by atoms with E-state index < -0.39 is 5.97 Å². The quantitative estimate of drug-likeness (QED) is 0.841. The Labute approximate surface area is 95.3 Å². The summed E-state index contributed by atoms with van der Waals surface area (Å²) in [5, 5.41) is 17.8. The van der Waals surface area contributed by atoms with Crippen molar-refractivity contribution in [1.82, 2.24) is 0 Å². The van der Waals surface area contributed by atoms with E-state index in [2.05, 4.69) is 6.07 Å². The first kappa shape index (κ1) is 12.3. The molecule has 1 aromatic rings. The maximum Gasteiger partial charge on any atom is 0.307 e. The van der Waals surface area contributed by atoms with Crippen molar-refractivity contribution < 1.29 is 9.90 Å². The molecule has 0 saturated heterocycles. The number of hydrogen-bond acceptors (Lipinski definition) is 2. The highest BCUT2D eigenvalue weighted by molar-refractivity contribution is 5.70. The SMILES string of the molecule is CCc1cc(CC(=O)O)cc(C#N)c1CC. The fraction of sp³-hybridized carbons (Fsp3) is 0.385. The molecule has 0 spiro atoms. The molecule has 0 aromatic heterocycles. The molecule has 3 heteroatoms. The van der Waals surface area contributed by atoms with Crippen LogP contribution in [0, 0.1) is 11.3 Å². The first-order valence-corrected chi connectivity index (χ1v) is 5.38. The van der Waals surface area contributed by atoms with Gasteiger partial charge >= 0.3 is 5.97 Å². The topological polar surface area (TPSA) is 61.1 Å². The van der Waals surface area contributed by atoms with Crippen molar-refractivity contribution in [3.8, 4) is 6.07 Å². The molecule has 0 radical (unpaired) electrons. The average molecular weight is 217 g/mol. The number of aryl methyl sites for hydroxylation is 1. The molecule has 0 amide bonds. The van der Waals surface area contributed by atoms with Gasteiger partial charge < -0.3 is 5.11 Å². The van der Waals surface area contributed by atoms with Gasteiger partial charge in [0.1, 0.15) is 0 Å². The summed E-state index contributed by atoms with van der Waals surface area (Å²) >= 11 is 0. The second kappa shape index (κ2) is 5.32. The van der Waals surface area contributed by atoms with E-state index in [-0.39, 0.29) is 6.42 Å². The third-order valence-electron chi connectivity index (χ3n) is 2.61. The van der Waals surface area contributed by atoms with Gasteiger partial charge in [-0.2, -0.15) is 5.26 Å². The maximum absolute atomic E-state index is 10.6. The summed E-state index contributed by atoms with van der Waals surface area (Å²) in [4.78, 5) is 10.6. The molecule has 1 rings (SSSR count). The Hall–Kier alpha value is -1.82. The van der Waals surface area contributed by atoms with Crippen LogP contribution < -0.4 is 0 Å². The Morgan fingerprint density at radius 1 is 1.38 bits per heavy atom. The van der Waals surface area contributed by atoms with E-state index in [1.165, 1.54) is 0 Å². The lowest BCUT2D eigenvalue weighted by atomic mass is 9.94. The summed E-state index contributed by atoms with van der Waals surface area (Å²) in [5.41, 5.74) is 3.44. The zero-order chi connectivity index (χ0) is 12.1. The zero-order valence-electron chi connectivity index (χ0n) is 9.58. The van der Waals surface area contributed by atoms with Crippen molar-refractivity contribution in [2.75, 3.05) is 0 Å². The van der Waals surface area contributed by atoms with Crippen LogP contribution in [0.15, 0.2) is 12.1 Å². The van der Waals surface area contributed by atoms with Crippen LogP contribution in [0.4, 0.5) is 0 Å². The zero-order valence-corrected chi connectivity index (χ0v) is 9.58. The Morgan fingerprint density at radius 2 is 2.06 bits per heavy atom. The number of benzene rings is 1. The lowest BCUT2D eigenvalue weighted by Gasteiger charge is -2.10. The smallest absolute Gasteiger partial charge is 0.307 e. The van der Waals surface area contributed by atoms with Crippen LogP contribution in [0.25, 0.3) is 0 Å². The predicted molar refractivity (Wildman–Crippen MR) is 61.3 cm³/mol. The van der Waals surface area contributed by atoms with Gasteiger partial charge in [-0.05, 0) is 35.6 Å². The number of rotatable bonds is 4. The summed E-state index contributed by atoms with van der Waals surface area (Å²) in [6, 6.07) is 5.73. The standard InChI is InChI=1S/C13H15NO2/c1-3-10-5-9(7-13(15)16)6-11(8-14)12(10)4-2/h5-6H,3-4,7H2,1-2H3,(H,15,16). The lowest BCUT2D eigenvalue weighted by Crippen LogP contribution is -2.04. The second-order valence-electron chi connectivity index (χ2n) is 3.67. The highest BCUT2D eigenvalue weighted by atomic mass is 16.4. The monoisotopic (exact) mass is 217 g/mol. The molecular weight excluding hydrogens is 202 g/mol. The number of carboxylic acid groups (broad SMARTS) is 1. The van der Waals surface area contributed by atoms with Crippen LogP contribution in [0.2, 0.25) is 0 Å². The number of nitriles is 1. The molecule has 0 aliphatic heterocycles. The van der Waals surface area contributed by atoms with E-state index in [1.807, 2.05) is 19.9 Å². The predicted octanol–water partition coefficient (Wildman–Crippen LogP) is 2.31. The molecule has 0 saturated carbocycles. The Balaban J connectivity index is 3.27. The summed E-state index contributed by atoms with van der Waals surface area (Å²) in [6.07, 6.45) is 1.61. The lowest BCUT2D eigenvalue weighted by molar-refractivity contribution is -0.136. The largest absolute Gasteiger partial charge is 0.481 e. The summed E-state index contributed by atoms with van der Waals surface area (Å²) in [6.45, 7) is 4.02. The van der Waals surface area contributed by atoms with Gasteiger partial charge in [-0.15, -0.1) is 0 Å². The Kier molecular flexibility index (Phi) is 4.07. The van der Waals surface area contributed by atoms with Gasteiger partial charge in [-0.1, -0.05) is 19.9 Å². The van der Waals surface area contributed by atoms with E-state index in [1.54, 1.807) is 6.07 Å². The van der Waals surface area contributed by atoms with E-state index in [0.29, 0.717) is 11.1 Å². The number of hydrogen-bond donors (Lipinski definition) is 1. The third-order valence-corrected chi connectivity index (χ3v) is 2.61. The molecule has 0 aliphatic carbocycles. The van der Waals surface area contributed by atoms with Crippen LogP contribution in [-0.2, 0) is 24.1 Å². The molecule has 3 nitrogen and oxygen atoms in total. The van der Waals surface area contributed by atoms with Crippen LogP contribution in [0.3, 0.4) is 0 Å². The first-order chi connectivity index (χ1) is 7.62. The van der Waals surface area contributed by atoms with E-state index in [9.17, 15) is 4.79 Å². The van der Waals surface area contributed by atoms with Gasteiger partial charge in [0.2, 0.25) is 0 Å². The maximum atomic E-state index is 10.6. The molecule has 84 valence electrons. The molecular formula is C13H15NO2. The second-order valence-corrected chi connectivity index (χ2v) is 3.67. The molecule has 1 N–H and O–H groups in total. The van der Waals surface area contributed by atoms with Crippen LogP contribution in [0.1, 0.15) is 36.1 Å². The Bertz CT molecular complexity index is 444. The molecule has 0 unspecified atom stereocenters. The summed E-state index contributed by atoms with van der Waals surface area (Å²) < 4.78 is 0. The number of aliphatic carboxylic acids is 1. The molecule has 0 fully saturated rings. The van der Waals surface area contributed by atoms with Crippen LogP contribution in [0.5, 0.6) is 0 Å². The van der Waals surface area contributed by atoms with Crippen molar-refractivity contribution in [1.29, 1.82) is 5.26 Å². The van der Waals surface area contributed by atoms with Crippen molar-refractivity contribution in [3.63, 3.8) is 0 Å². The van der Waals surface area contributed by atoms with E-state index >= 15 is 0 Å². The van der Waals surface area contributed by atoms with E-state index in [4.69, 9.17) is 10.4 Å². The van der Waals surface area contributed by atoms with Crippen LogP contribution in [-0.4, -0.2) is 11.1 Å². The highest BCUT2D eigenvalue weighted by Gasteiger charge is 2.10. The van der Waals surface area contributed by atoms with Gasteiger partial charge in [-0.3, -0.25) is 4.79 Å². The number of nitrogens with zero attached hydrogens (tertiary/aromatic N) is 1. The third kappa shape index (κ3) is 2.60. The molecule has 16 heavy (non-hydrogen) atoms. The average Bonchev–Trinajstić information content (AvgIpc) is 2.26. The minimum atomic E-state index is -0.866. The van der Waals surface area contributed by atoms with Crippen molar-refractivity contribution >= 4 is 5.97 Å². The molecule has 0 atom stereocenters. The molecule has 0 aliphatic rings. The normalized spacial score (nSPS) is 9.81. The summed E-state index contributed by atoms with van der Waals surface area (Å²) in [5.74, 6) is -0.866. The minimum absolute atomic E-state index is 0.0221. The van der Waals surface area contributed by atoms with Crippen LogP contribution >= 0.6 is 0 Å². The van der Waals surface area contributed by atoms with Gasteiger partial charge in [-0.25, -0.2) is 0 Å². The van der Waals surface area contributed by atoms with Gasteiger partial charge in [0.15, 0.2) is 0 Å². The summed E-state index contributed by atoms with van der Waals surface area (Å²) in [7, 11) is 0. The fourth-order valence-electron chi connectivity index (χ4n) is 1.91. The Morgan fingerprint density at radius 3 is 2.50 bits per heavy atom. The number of carboxylic acids is 1.